The van der Waals surface area contributed by atoms with Gasteiger partial charge in [0.15, 0.2) is 6.29 Å². The van der Waals surface area contributed by atoms with Crippen molar-refractivity contribution in [3.63, 3.8) is 0 Å². The van der Waals surface area contributed by atoms with E-state index in [1.807, 2.05) is 24.3 Å². The number of carbonyl (C=O) groups is 1. The molecule has 2 heterocycles. The topological polar surface area (TPSA) is 44.8 Å². The molecule has 4 nitrogen and oxygen atoms in total. The molecule has 0 bridgehead atoms. The fourth-order valence-electron chi connectivity index (χ4n) is 2.47. The normalized spacial score (nSPS) is 23.7. The number of carbonyl (C=O) groups excluding carboxylic acids is 1. The second-order valence-electron chi connectivity index (χ2n) is 4.96. The summed E-state index contributed by atoms with van der Waals surface area (Å²) in [6.45, 7) is 1.37. The van der Waals surface area contributed by atoms with Crippen molar-refractivity contribution in [2.45, 2.75) is 32.0 Å². The molecule has 2 aliphatic heterocycles. The molecule has 0 amide bonds. The van der Waals surface area contributed by atoms with Gasteiger partial charge >= 0.3 is 5.97 Å². The minimum Gasteiger partial charge on any atom is -0.423 e. The van der Waals surface area contributed by atoms with Gasteiger partial charge in [0.1, 0.15) is 5.76 Å². The Hall–Kier alpha value is -1.65. The van der Waals surface area contributed by atoms with Crippen LogP contribution in [0.25, 0.3) is 5.76 Å². The second kappa shape index (κ2) is 6.20. The average Bonchev–Trinajstić information content (AvgIpc) is 2.82. The summed E-state index contributed by atoms with van der Waals surface area (Å²) in [5, 5.41) is 0. The van der Waals surface area contributed by atoms with Crippen LogP contribution in [0.2, 0.25) is 0 Å². The summed E-state index contributed by atoms with van der Waals surface area (Å²) in [5.41, 5.74) is 1.50. The van der Waals surface area contributed by atoms with Crippen LogP contribution in [0.3, 0.4) is 0 Å². The first-order valence-electron chi connectivity index (χ1n) is 7.09. The van der Waals surface area contributed by atoms with Crippen LogP contribution in [-0.4, -0.2) is 25.5 Å². The van der Waals surface area contributed by atoms with E-state index in [1.165, 1.54) is 0 Å². The van der Waals surface area contributed by atoms with Gasteiger partial charge in [0.25, 0.3) is 0 Å². The number of hydrogen-bond donors (Lipinski definition) is 0. The summed E-state index contributed by atoms with van der Waals surface area (Å²) in [5.74, 6) is 0.363. The molecule has 1 unspecified atom stereocenters. The van der Waals surface area contributed by atoms with Crippen LogP contribution >= 0.6 is 0 Å². The summed E-state index contributed by atoms with van der Waals surface area (Å²) < 4.78 is 16.4. The largest absolute Gasteiger partial charge is 0.423 e. The molecule has 4 heteroatoms. The first-order valence-corrected chi connectivity index (χ1v) is 7.09. The van der Waals surface area contributed by atoms with Crippen LogP contribution < -0.4 is 0 Å². The molecule has 1 atom stereocenters. The Morgan fingerprint density at radius 2 is 2.10 bits per heavy atom. The summed E-state index contributed by atoms with van der Waals surface area (Å²) in [6.07, 6.45) is 5.80. The van der Waals surface area contributed by atoms with E-state index in [2.05, 4.69) is 0 Å². The molecule has 106 valence electrons. The summed E-state index contributed by atoms with van der Waals surface area (Å²) >= 11 is 0. The molecule has 1 fully saturated rings. The molecule has 0 spiro atoms. The lowest BCUT2D eigenvalue weighted by Gasteiger charge is -2.22. The molecule has 0 saturated carbocycles. The van der Waals surface area contributed by atoms with Crippen LogP contribution in [0, 0.1) is 0 Å². The Bertz CT molecular complexity index is 515. The van der Waals surface area contributed by atoms with Gasteiger partial charge in [-0.25, -0.2) is 4.79 Å². The van der Waals surface area contributed by atoms with E-state index in [9.17, 15) is 4.79 Å². The van der Waals surface area contributed by atoms with Gasteiger partial charge in [-0.2, -0.15) is 0 Å². The molecule has 0 N–H and O–H groups in total. The number of rotatable bonds is 4. The first-order chi connectivity index (χ1) is 9.84. The Morgan fingerprint density at radius 1 is 1.25 bits per heavy atom. The highest BCUT2D eigenvalue weighted by molar-refractivity contribution is 6.02. The molecule has 3 rings (SSSR count). The summed E-state index contributed by atoms with van der Waals surface area (Å²) in [4.78, 5) is 11.6. The van der Waals surface area contributed by atoms with Gasteiger partial charge in [-0.3, -0.25) is 0 Å². The molecule has 0 aliphatic carbocycles. The third-order valence-electron chi connectivity index (χ3n) is 3.50. The smallest absolute Gasteiger partial charge is 0.344 e. The average molecular weight is 274 g/mol. The molecule has 0 radical (unpaired) electrons. The monoisotopic (exact) mass is 274 g/mol. The molecular formula is C16H18O4. The quantitative estimate of drug-likeness (QED) is 0.625. The Morgan fingerprint density at radius 3 is 2.90 bits per heavy atom. The van der Waals surface area contributed by atoms with Crippen molar-refractivity contribution in [1.82, 2.24) is 0 Å². The van der Waals surface area contributed by atoms with Gasteiger partial charge in [0.2, 0.25) is 0 Å². The Labute approximate surface area is 118 Å². The zero-order chi connectivity index (χ0) is 13.8. The van der Waals surface area contributed by atoms with Gasteiger partial charge in [-0.15, -0.1) is 0 Å². The van der Waals surface area contributed by atoms with Gasteiger partial charge in [0, 0.05) is 12.2 Å². The lowest BCUT2D eigenvalue weighted by molar-refractivity contribution is -0.161. The maximum atomic E-state index is 11.6. The predicted octanol–water partition coefficient (Wildman–Crippen LogP) is 3.13. The summed E-state index contributed by atoms with van der Waals surface area (Å²) in [7, 11) is 0. The Kier molecular flexibility index (Phi) is 4.14. The van der Waals surface area contributed by atoms with E-state index in [4.69, 9.17) is 14.2 Å². The minimum absolute atomic E-state index is 0.0689. The van der Waals surface area contributed by atoms with Gasteiger partial charge in [-0.1, -0.05) is 18.2 Å². The van der Waals surface area contributed by atoms with E-state index in [0.717, 1.165) is 31.4 Å². The first kappa shape index (κ1) is 13.3. The van der Waals surface area contributed by atoms with E-state index < -0.39 is 0 Å². The lowest BCUT2D eigenvalue weighted by Crippen LogP contribution is -2.22. The maximum absolute atomic E-state index is 11.6. The van der Waals surface area contributed by atoms with Gasteiger partial charge in [-0.05, 0) is 37.8 Å². The van der Waals surface area contributed by atoms with Crippen molar-refractivity contribution in [1.29, 1.82) is 0 Å². The third kappa shape index (κ3) is 2.92. The fraction of sp³-hybridized carbons (Fsp3) is 0.438. The minimum atomic E-state index is -0.275. The predicted molar refractivity (Wildman–Crippen MR) is 74.0 cm³/mol. The standard InChI is InChI=1S/C16H18O4/c17-16-13-7-2-1-6-12(13)14(20-16)8-5-11-19-15-9-3-4-10-18-15/h1-2,6-8,15H,3-5,9-11H2. The van der Waals surface area contributed by atoms with E-state index >= 15 is 0 Å². The van der Waals surface area contributed by atoms with Crippen molar-refractivity contribution in [3.05, 3.63) is 41.5 Å². The highest BCUT2D eigenvalue weighted by atomic mass is 16.7. The lowest BCUT2D eigenvalue weighted by atomic mass is 10.1. The van der Waals surface area contributed by atoms with Crippen molar-refractivity contribution < 1.29 is 19.0 Å². The zero-order valence-corrected chi connectivity index (χ0v) is 11.3. The molecule has 1 aromatic rings. The highest BCUT2D eigenvalue weighted by Crippen LogP contribution is 2.29. The molecule has 0 aromatic heterocycles. The van der Waals surface area contributed by atoms with Crippen LogP contribution in [-0.2, 0) is 14.2 Å². The molecule has 2 aliphatic rings. The van der Waals surface area contributed by atoms with E-state index in [-0.39, 0.29) is 12.3 Å². The SMILES string of the molecule is O=C1OC(=CCCOC2CCCCO2)c2ccccc21. The second-order valence-corrected chi connectivity index (χ2v) is 4.96. The van der Waals surface area contributed by atoms with Crippen molar-refractivity contribution >= 4 is 11.7 Å². The molecular weight excluding hydrogens is 256 g/mol. The zero-order valence-electron chi connectivity index (χ0n) is 11.3. The number of ether oxygens (including phenoxy) is 3. The van der Waals surface area contributed by atoms with Crippen molar-refractivity contribution in [2.24, 2.45) is 0 Å². The van der Waals surface area contributed by atoms with Crippen molar-refractivity contribution in [3.8, 4) is 0 Å². The summed E-state index contributed by atoms with van der Waals surface area (Å²) in [6, 6.07) is 7.43. The maximum Gasteiger partial charge on any atom is 0.344 e. The molecule has 20 heavy (non-hydrogen) atoms. The van der Waals surface area contributed by atoms with E-state index in [1.54, 1.807) is 6.07 Å². The number of benzene rings is 1. The van der Waals surface area contributed by atoms with Gasteiger partial charge in [0.05, 0.1) is 12.2 Å². The molecule has 1 saturated heterocycles. The third-order valence-corrected chi connectivity index (χ3v) is 3.50. The van der Waals surface area contributed by atoms with Crippen LogP contribution in [0.1, 0.15) is 41.6 Å². The number of hydrogen-bond acceptors (Lipinski definition) is 4. The number of esters is 1. The van der Waals surface area contributed by atoms with E-state index in [0.29, 0.717) is 24.4 Å². The Balaban J connectivity index is 1.54. The van der Waals surface area contributed by atoms with Crippen LogP contribution in [0.15, 0.2) is 30.3 Å². The molecule has 1 aromatic carbocycles. The van der Waals surface area contributed by atoms with Gasteiger partial charge < -0.3 is 14.2 Å². The number of cyclic esters (lactones) is 1. The number of fused-ring (bicyclic) bond motifs is 1. The van der Waals surface area contributed by atoms with Crippen molar-refractivity contribution in [2.75, 3.05) is 13.2 Å². The van der Waals surface area contributed by atoms with Crippen LogP contribution in [0.4, 0.5) is 0 Å². The van der Waals surface area contributed by atoms with Crippen LogP contribution in [0.5, 0.6) is 0 Å². The fourth-order valence-corrected chi connectivity index (χ4v) is 2.47. The highest BCUT2D eigenvalue weighted by Gasteiger charge is 2.25.